The fourth-order valence-electron chi connectivity index (χ4n) is 1.67. The van der Waals surface area contributed by atoms with E-state index in [2.05, 4.69) is 15.5 Å². The third-order valence-corrected chi connectivity index (χ3v) is 2.73. The van der Waals surface area contributed by atoms with Gasteiger partial charge < -0.3 is 10.4 Å². The number of nitrogens with zero attached hydrogens (tertiary/aromatic N) is 1. The summed E-state index contributed by atoms with van der Waals surface area (Å²) in [5, 5.41) is 19.4. The number of H-pyrrole nitrogens is 1. The van der Waals surface area contributed by atoms with Gasteiger partial charge in [-0.1, -0.05) is 25.1 Å². The van der Waals surface area contributed by atoms with Crippen LogP contribution in [0.4, 0.5) is 0 Å². The van der Waals surface area contributed by atoms with E-state index in [9.17, 15) is 4.79 Å². The highest BCUT2D eigenvalue weighted by atomic mass is 16.3. The predicted octanol–water partition coefficient (Wildman–Crippen LogP) is 1.06. The first-order chi connectivity index (χ1) is 8.26. The molecule has 0 unspecified atom stereocenters. The Morgan fingerprint density at radius 3 is 3.00 bits per heavy atom. The molecule has 1 aromatic heterocycles. The molecule has 1 amide bonds. The van der Waals surface area contributed by atoms with Gasteiger partial charge in [0.15, 0.2) is 5.69 Å². The quantitative estimate of drug-likeness (QED) is 0.739. The van der Waals surface area contributed by atoms with Crippen molar-refractivity contribution in [3.63, 3.8) is 0 Å². The van der Waals surface area contributed by atoms with Gasteiger partial charge in [-0.15, -0.1) is 0 Å². The fourth-order valence-corrected chi connectivity index (χ4v) is 1.67. The number of fused-ring (bicyclic) bond motifs is 1. The molecule has 17 heavy (non-hydrogen) atoms. The number of para-hydroxylation sites is 1. The second-order valence-corrected chi connectivity index (χ2v) is 3.88. The van der Waals surface area contributed by atoms with Gasteiger partial charge in [0.1, 0.15) is 0 Å². The third kappa shape index (κ3) is 2.29. The number of aliphatic hydroxyl groups excluding tert-OH is 1. The molecule has 2 aromatic rings. The minimum absolute atomic E-state index is 0.0649. The number of rotatable bonds is 4. The van der Waals surface area contributed by atoms with E-state index < -0.39 is 0 Å². The summed E-state index contributed by atoms with van der Waals surface area (Å²) < 4.78 is 0. The van der Waals surface area contributed by atoms with Gasteiger partial charge in [-0.2, -0.15) is 5.10 Å². The zero-order valence-electron chi connectivity index (χ0n) is 9.60. The van der Waals surface area contributed by atoms with E-state index in [4.69, 9.17) is 5.11 Å². The lowest BCUT2D eigenvalue weighted by Crippen LogP contribution is -2.37. The number of hydrogen-bond donors (Lipinski definition) is 3. The second kappa shape index (κ2) is 4.97. The Morgan fingerprint density at radius 1 is 1.53 bits per heavy atom. The number of nitrogens with one attached hydrogen (secondary N) is 2. The first-order valence-electron chi connectivity index (χ1n) is 5.61. The van der Waals surface area contributed by atoms with Crippen LogP contribution in [0.3, 0.4) is 0 Å². The topological polar surface area (TPSA) is 78.0 Å². The fraction of sp³-hybridized carbons (Fsp3) is 0.333. The zero-order chi connectivity index (χ0) is 12.3. The van der Waals surface area contributed by atoms with E-state index in [0.717, 1.165) is 10.9 Å². The summed E-state index contributed by atoms with van der Waals surface area (Å²) in [6.45, 7) is 1.84. The Kier molecular flexibility index (Phi) is 3.39. The molecule has 2 rings (SSSR count). The molecule has 3 N–H and O–H groups in total. The summed E-state index contributed by atoms with van der Waals surface area (Å²) in [6.07, 6.45) is 0.685. The average molecular weight is 233 g/mol. The van der Waals surface area contributed by atoms with Crippen LogP contribution in [0.1, 0.15) is 23.8 Å². The lowest BCUT2D eigenvalue weighted by atomic mass is 10.2. The van der Waals surface area contributed by atoms with E-state index in [-0.39, 0.29) is 18.6 Å². The molecule has 0 aliphatic carbocycles. The van der Waals surface area contributed by atoms with Crippen LogP contribution in [0.15, 0.2) is 24.3 Å². The van der Waals surface area contributed by atoms with Gasteiger partial charge in [-0.25, -0.2) is 0 Å². The number of amides is 1. The van der Waals surface area contributed by atoms with E-state index >= 15 is 0 Å². The maximum atomic E-state index is 11.9. The van der Waals surface area contributed by atoms with Gasteiger partial charge in [-0.3, -0.25) is 9.89 Å². The van der Waals surface area contributed by atoms with Crippen molar-refractivity contribution in [1.29, 1.82) is 0 Å². The number of hydrogen-bond acceptors (Lipinski definition) is 3. The van der Waals surface area contributed by atoms with E-state index in [0.29, 0.717) is 12.1 Å². The van der Waals surface area contributed by atoms with Crippen molar-refractivity contribution in [1.82, 2.24) is 15.5 Å². The highest BCUT2D eigenvalue weighted by Crippen LogP contribution is 2.14. The van der Waals surface area contributed by atoms with Crippen LogP contribution < -0.4 is 5.32 Å². The van der Waals surface area contributed by atoms with Crippen molar-refractivity contribution in [2.24, 2.45) is 0 Å². The zero-order valence-corrected chi connectivity index (χ0v) is 9.60. The lowest BCUT2D eigenvalue weighted by molar-refractivity contribution is 0.0911. The van der Waals surface area contributed by atoms with Crippen LogP contribution in [-0.2, 0) is 0 Å². The van der Waals surface area contributed by atoms with Crippen LogP contribution >= 0.6 is 0 Å². The first kappa shape index (κ1) is 11.6. The van der Waals surface area contributed by atoms with Crippen molar-refractivity contribution >= 4 is 16.8 Å². The second-order valence-electron chi connectivity index (χ2n) is 3.88. The highest BCUT2D eigenvalue weighted by Gasteiger charge is 2.16. The molecule has 0 saturated heterocycles. The summed E-state index contributed by atoms with van der Waals surface area (Å²) in [5.74, 6) is -0.261. The molecule has 90 valence electrons. The Labute approximate surface area is 98.8 Å². The van der Waals surface area contributed by atoms with Gasteiger partial charge in [-0.05, 0) is 12.5 Å². The molecular formula is C12H15N3O2. The van der Waals surface area contributed by atoms with Crippen molar-refractivity contribution in [3.05, 3.63) is 30.0 Å². The molecule has 1 heterocycles. The molecule has 1 atom stereocenters. The SMILES string of the molecule is CC[C@@H](CO)NC(=O)c1n[nH]c2ccccc12. The normalized spacial score (nSPS) is 12.6. The number of benzene rings is 1. The van der Waals surface area contributed by atoms with Gasteiger partial charge in [0.25, 0.3) is 5.91 Å². The largest absolute Gasteiger partial charge is 0.394 e. The molecule has 0 fully saturated rings. The molecule has 5 heteroatoms. The Hall–Kier alpha value is -1.88. The van der Waals surface area contributed by atoms with Crippen LogP contribution in [-0.4, -0.2) is 33.9 Å². The first-order valence-corrected chi connectivity index (χ1v) is 5.61. The van der Waals surface area contributed by atoms with Crippen molar-refractivity contribution in [2.45, 2.75) is 19.4 Å². The van der Waals surface area contributed by atoms with Crippen molar-refractivity contribution in [2.75, 3.05) is 6.61 Å². The van der Waals surface area contributed by atoms with E-state index in [1.54, 1.807) is 0 Å². The Bertz CT molecular complexity index is 517. The molecule has 0 saturated carbocycles. The van der Waals surface area contributed by atoms with Gasteiger partial charge in [0.2, 0.25) is 0 Å². The molecule has 0 bridgehead atoms. The summed E-state index contributed by atoms with van der Waals surface area (Å²) in [5.41, 5.74) is 1.20. The molecule has 1 aromatic carbocycles. The molecule has 0 radical (unpaired) electrons. The van der Waals surface area contributed by atoms with Gasteiger partial charge in [0, 0.05) is 5.39 Å². The molecule has 5 nitrogen and oxygen atoms in total. The van der Waals surface area contributed by atoms with Gasteiger partial charge >= 0.3 is 0 Å². The number of aromatic nitrogens is 2. The smallest absolute Gasteiger partial charge is 0.272 e. The van der Waals surface area contributed by atoms with Gasteiger partial charge in [0.05, 0.1) is 18.2 Å². The molecular weight excluding hydrogens is 218 g/mol. The summed E-state index contributed by atoms with van der Waals surface area (Å²) >= 11 is 0. The third-order valence-electron chi connectivity index (χ3n) is 2.73. The minimum atomic E-state index is -0.261. The van der Waals surface area contributed by atoms with E-state index in [1.165, 1.54) is 0 Å². The summed E-state index contributed by atoms with van der Waals surface area (Å²) in [4.78, 5) is 11.9. The number of carbonyl (C=O) groups is 1. The van der Waals surface area contributed by atoms with Crippen LogP contribution in [0.2, 0.25) is 0 Å². The average Bonchev–Trinajstić information content (AvgIpc) is 2.79. The van der Waals surface area contributed by atoms with Crippen LogP contribution in [0.5, 0.6) is 0 Å². The van der Waals surface area contributed by atoms with Crippen LogP contribution in [0.25, 0.3) is 10.9 Å². The number of carbonyl (C=O) groups excluding carboxylic acids is 1. The lowest BCUT2D eigenvalue weighted by Gasteiger charge is -2.12. The van der Waals surface area contributed by atoms with Crippen LogP contribution in [0, 0.1) is 0 Å². The Balaban J connectivity index is 2.25. The standard InChI is InChI=1S/C12H15N3O2/c1-2-8(7-16)13-12(17)11-9-5-3-4-6-10(9)14-15-11/h3-6,8,16H,2,7H2,1H3,(H,13,17)(H,14,15)/t8-/m0/s1. The highest BCUT2D eigenvalue weighted by molar-refractivity contribution is 6.04. The monoisotopic (exact) mass is 233 g/mol. The molecule has 0 aliphatic heterocycles. The molecule has 0 spiro atoms. The summed E-state index contributed by atoms with van der Waals surface area (Å²) in [7, 11) is 0. The Morgan fingerprint density at radius 2 is 2.29 bits per heavy atom. The van der Waals surface area contributed by atoms with Crippen molar-refractivity contribution in [3.8, 4) is 0 Å². The maximum Gasteiger partial charge on any atom is 0.272 e. The number of aliphatic hydroxyl groups is 1. The summed E-state index contributed by atoms with van der Waals surface area (Å²) in [6, 6.07) is 7.22. The maximum absolute atomic E-state index is 11.9. The number of aromatic amines is 1. The van der Waals surface area contributed by atoms with Crippen molar-refractivity contribution < 1.29 is 9.90 Å². The van der Waals surface area contributed by atoms with E-state index in [1.807, 2.05) is 31.2 Å². The minimum Gasteiger partial charge on any atom is -0.394 e. The predicted molar refractivity (Wildman–Crippen MR) is 64.7 cm³/mol. The molecule has 0 aliphatic rings.